The number of rotatable bonds is 3. The number of carbonyl (C=O) groups is 1. The number of carbonyl (C=O) groups excluding carboxylic acids is 1. The highest BCUT2D eigenvalue weighted by atomic mass is 19.1. The molecule has 0 radical (unpaired) electrons. The molecule has 1 amide bonds. The SMILES string of the molecule is O=C(CCn1c(=O)ccc2cccc(F)c21)N1CCNCC1. The number of hydrogen-bond acceptors (Lipinski definition) is 3. The molecule has 1 aromatic carbocycles. The third-order valence-corrected chi connectivity index (χ3v) is 3.98. The van der Waals surface area contributed by atoms with E-state index < -0.39 is 5.82 Å². The molecule has 0 aliphatic carbocycles. The largest absolute Gasteiger partial charge is 0.340 e. The van der Waals surface area contributed by atoms with E-state index in [-0.39, 0.29) is 29.9 Å². The Balaban J connectivity index is 1.83. The first kappa shape index (κ1) is 14.7. The molecule has 1 aromatic heterocycles. The average molecular weight is 303 g/mol. The first-order chi connectivity index (χ1) is 10.7. The van der Waals surface area contributed by atoms with Crippen molar-refractivity contribution in [3.05, 3.63) is 46.5 Å². The summed E-state index contributed by atoms with van der Waals surface area (Å²) >= 11 is 0. The summed E-state index contributed by atoms with van der Waals surface area (Å²) < 4.78 is 15.4. The van der Waals surface area contributed by atoms with Gasteiger partial charge in [0, 0.05) is 50.6 Å². The third-order valence-electron chi connectivity index (χ3n) is 3.98. The summed E-state index contributed by atoms with van der Waals surface area (Å²) in [5, 5.41) is 3.85. The lowest BCUT2D eigenvalue weighted by molar-refractivity contribution is -0.131. The highest BCUT2D eigenvalue weighted by Gasteiger charge is 2.17. The van der Waals surface area contributed by atoms with Crippen molar-refractivity contribution < 1.29 is 9.18 Å². The number of amides is 1. The van der Waals surface area contributed by atoms with Gasteiger partial charge in [0.2, 0.25) is 5.91 Å². The van der Waals surface area contributed by atoms with Crippen molar-refractivity contribution in [2.24, 2.45) is 0 Å². The number of halogens is 1. The van der Waals surface area contributed by atoms with Crippen LogP contribution in [0, 0.1) is 5.82 Å². The lowest BCUT2D eigenvalue weighted by Gasteiger charge is -2.27. The average Bonchev–Trinajstić information content (AvgIpc) is 2.55. The Morgan fingerprint density at radius 2 is 1.95 bits per heavy atom. The molecule has 0 saturated carbocycles. The van der Waals surface area contributed by atoms with E-state index in [0.29, 0.717) is 18.5 Å². The number of fused-ring (bicyclic) bond motifs is 1. The molecule has 2 heterocycles. The van der Waals surface area contributed by atoms with Crippen molar-refractivity contribution in [3.8, 4) is 0 Å². The maximum Gasteiger partial charge on any atom is 0.251 e. The summed E-state index contributed by atoms with van der Waals surface area (Å²) in [6.45, 7) is 3.12. The van der Waals surface area contributed by atoms with Crippen molar-refractivity contribution in [1.29, 1.82) is 0 Å². The van der Waals surface area contributed by atoms with Gasteiger partial charge < -0.3 is 14.8 Å². The second-order valence-electron chi connectivity index (χ2n) is 5.38. The summed E-state index contributed by atoms with van der Waals surface area (Å²) in [5.41, 5.74) is -0.0196. The van der Waals surface area contributed by atoms with Crippen LogP contribution in [0.2, 0.25) is 0 Å². The van der Waals surface area contributed by atoms with Gasteiger partial charge in [-0.15, -0.1) is 0 Å². The molecule has 0 spiro atoms. The van der Waals surface area contributed by atoms with E-state index >= 15 is 0 Å². The Hall–Kier alpha value is -2.21. The molecule has 3 rings (SSSR count). The number of nitrogens with one attached hydrogen (secondary N) is 1. The van der Waals surface area contributed by atoms with Gasteiger partial charge in [0.05, 0.1) is 5.52 Å². The van der Waals surface area contributed by atoms with Crippen molar-refractivity contribution in [3.63, 3.8) is 0 Å². The van der Waals surface area contributed by atoms with Crippen LogP contribution in [0.25, 0.3) is 10.9 Å². The molecule has 0 bridgehead atoms. The van der Waals surface area contributed by atoms with Gasteiger partial charge >= 0.3 is 0 Å². The molecule has 0 unspecified atom stereocenters. The minimum absolute atomic E-state index is 0.00161. The normalized spacial score (nSPS) is 15.2. The van der Waals surface area contributed by atoms with Crippen LogP contribution in [-0.4, -0.2) is 41.6 Å². The number of aryl methyl sites for hydroxylation is 1. The van der Waals surface area contributed by atoms with Crippen molar-refractivity contribution in [1.82, 2.24) is 14.8 Å². The van der Waals surface area contributed by atoms with Gasteiger partial charge in [-0.2, -0.15) is 0 Å². The molecule has 22 heavy (non-hydrogen) atoms. The highest BCUT2D eigenvalue weighted by molar-refractivity contribution is 5.80. The number of piperazine rings is 1. The minimum Gasteiger partial charge on any atom is -0.340 e. The number of para-hydroxylation sites is 1. The van der Waals surface area contributed by atoms with Crippen LogP contribution < -0.4 is 10.9 Å². The Morgan fingerprint density at radius 1 is 1.18 bits per heavy atom. The zero-order valence-electron chi connectivity index (χ0n) is 12.2. The van der Waals surface area contributed by atoms with Gasteiger partial charge in [0.25, 0.3) is 5.56 Å². The van der Waals surface area contributed by atoms with Gasteiger partial charge in [-0.1, -0.05) is 12.1 Å². The fraction of sp³-hybridized carbons (Fsp3) is 0.375. The third kappa shape index (κ3) is 2.87. The van der Waals surface area contributed by atoms with Crippen molar-refractivity contribution in [2.45, 2.75) is 13.0 Å². The van der Waals surface area contributed by atoms with Crippen LogP contribution in [0.3, 0.4) is 0 Å². The van der Waals surface area contributed by atoms with E-state index in [1.807, 2.05) is 0 Å². The van der Waals surface area contributed by atoms with Gasteiger partial charge in [0.15, 0.2) is 0 Å². The summed E-state index contributed by atoms with van der Waals surface area (Å²) in [6.07, 6.45) is 0.202. The van der Waals surface area contributed by atoms with Crippen LogP contribution in [-0.2, 0) is 11.3 Å². The van der Waals surface area contributed by atoms with Crippen molar-refractivity contribution >= 4 is 16.8 Å². The zero-order valence-corrected chi connectivity index (χ0v) is 12.2. The van der Waals surface area contributed by atoms with Gasteiger partial charge in [-0.3, -0.25) is 9.59 Å². The Kier molecular flexibility index (Phi) is 4.20. The smallest absolute Gasteiger partial charge is 0.251 e. The monoisotopic (exact) mass is 303 g/mol. The molecule has 5 nitrogen and oxygen atoms in total. The maximum atomic E-state index is 14.0. The fourth-order valence-electron chi connectivity index (χ4n) is 2.81. The summed E-state index contributed by atoms with van der Waals surface area (Å²) in [6, 6.07) is 7.72. The van der Waals surface area contributed by atoms with Crippen LogP contribution in [0.5, 0.6) is 0 Å². The molecule has 6 heteroatoms. The first-order valence-corrected chi connectivity index (χ1v) is 7.43. The summed E-state index contributed by atoms with van der Waals surface area (Å²) in [7, 11) is 0. The number of aromatic nitrogens is 1. The molecule has 1 saturated heterocycles. The van der Waals surface area contributed by atoms with Crippen LogP contribution >= 0.6 is 0 Å². The Labute approximate surface area is 127 Å². The predicted octanol–water partition coefficient (Wildman–Crippen LogP) is 0.962. The van der Waals surface area contributed by atoms with E-state index in [9.17, 15) is 14.0 Å². The van der Waals surface area contributed by atoms with Gasteiger partial charge in [0.1, 0.15) is 5.82 Å². The number of hydrogen-bond donors (Lipinski definition) is 1. The molecule has 1 aliphatic heterocycles. The van der Waals surface area contributed by atoms with E-state index in [1.54, 1.807) is 23.1 Å². The second-order valence-corrected chi connectivity index (χ2v) is 5.38. The zero-order chi connectivity index (χ0) is 15.5. The second kappa shape index (κ2) is 6.27. The van der Waals surface area contributed by atoms with Crippen molar-refractivity contribution in [2.75, 3.05) is 26.2 Å². The number of nitrogens with zero attached hydrogens (tertiary/aromatic N) is 2. The molecular weight excluding hydrogens is 285 g/mol. The molecular formula is C16H18FN3O2. The number of benzene rings is 1. The van der Waals surface area contributed by atoms with E-state index in [1.165, 1.54) is 16.7 Å². The quantitative estimate of drug-likeness (QED) is 0.919. The minimum atomic E-state index is -0.440. The predicted molar refractivity (Wildman–Crippen MR) is 82.2 cm³/mol. The number of pyridine rings is 1. The summed E-state index contributed by atoms with van der Waals surface area (Å²) in [5.74, 6) is -0.438. The van der Waals surface area contributed by atoms with Crippen LogP contribution in [0.1, 0.15) is 6.42 Å². The van der Waals surface area contributed by atoms with E-state index in [0.717, 1.165) is 13.1 Å². The maximum absolute atomic E-state index is 14.0. The standard InChI is InChI=1S/C16H18FN3O2/c17-13-3-1-2-12-4-5-15(22)20(16(12)13)9-6-14(21)19-10-7-18-8-11-19/h1-5,18H,6-11H2. The summed E-state index contributed by atoms with van der Waals surface area (Å²) in [4.78, 5) is 26.0. The fourth-order valence-corrected chi connectivity index (χ4v) is 2.81. The van der Waals surface area contributed by atoms with Crippen LogP contribution in [0.15, 0.2) is 35.1 Å². The topological polar surface area (TPSA) is 54.3 Å². The molecule has 1 N–H and O–H groups in total. The Bertz CT molecular complexity index is 751. The molecule has 1 fully saturated rings. The van der Waals surface area contributed by atoms with Crippen LogP contribution in [0.4, 0.5) is 4.39 Å². The Morgan fingerprint density at radius 3 is 2.73 bits per heavy atom. The molecule has 116 valence electrons. The van der Waals surface area contributed by atoms with E-state index in [2.05, 4.69) is 5.32 Å². The lowest BCUT2D eigenvalue weighted by Crippen LogP contribution is -2.46. The van der Waals surface area contributed by atoms with E-state index in [4.69, 9.17) is 0 Å². The van der Waals surface area contributed by atoms with Gasteiger partial charge in [-0.25, -0.2) is 4.39 Å². The highest BCUT2D eigenvalue weighted by Crippen LogP contribution is 2.16. The van der Waals surface area contributed by atoms with Gasteiger partial charge in [-0.05, 0) is 12.1 Å². The molecule has 0 atom stereocenters. The molecule has 2 aromatic rings. The first-order valence-electron chi connectivity index (χ1n) is 7.43. The lowest BCUT2D eigenvalue weighted by atomic mass is 10.2. The molecule has 1 aliphatic rings.